The number of anilines is 1. The van der Waals surface area contributed by atoms with Gasteiger partial charge in [0.15, 0.2) is 0 Å². The van der Waals surface area contributed by atoms with Gasteiger partial charge in [0.05, 0.1) is 18.1 Å². The molecular formula is C12H13N3S. The Labute approximate surface area is 99.1 Å². The second-order valence-electron chi connectivity index (χ2n) is 3.54. The molecule has 0 saturated carbocycles. The van der Waals surface area contributed by atoms with E-state index in [0.717, 1.165) is 11.4 Å². The Morgan fingerprint density at radius 3 is 2.81 bits per heavy atom. The molecule has 2 rings (SSSR count). The minimum atomic E-state index is 0.462. The molecule has 16 heavy (non-hydrogen) atoms. The third-order valence-corrected chi connectivity index (χ3v) is 3.13. The number of nitrogens with two attached hydrogens (primary N) is 1. The first-order valence-electron chi connectivity index (χ1n) is 5.00. The highest BCUT2D eigenvalue weighted by atomic mass is 32.2. The van der Waals surface area contributed by atoms with Gasteiger partial charge in [0.2, 0.25) is 0 Å². The molecule has 0 atom stereocenters. The van der Waals surface area contributed by atoms with Crippen molar-refractivity contribution in [2.75, 3.05) is 5.73 Å². The van der Waals surface area contributed by atoms with Crippen LogP contribution in [-0.4, -0.2) is 9.97 Å². The number of nitrogens with zero attached hydrogens (tertiary/aromatic N) is 2. The van der Waals surface area contributed by atoms with E-state index >= 15 is 0 Å². The molecule has 1 aromatic carbocycles. The van der Waals surface area contributed by atoms with E-state index in [4.69, 9.17) is 5.73 Å². The summed E-state index contributed by atoms with van der Waals surface area (Å²) in [6.45, 7) is 2.09. The molecule has 4 heteroatoms. The molecule has 0 amide bonds. The van der Waals surface area contributed by atoms with E-state index in [1.165, 1.54) is 10.5 Å². The number of hydrogen-bond donors (Lipinski definition) is 1. The zero-order chi connectivity index (χ0) is 11.4. The number of rotatable bonds is 3. The van der Waals surface area contributed by atoms with Gasteiger partial charge in [-0.3, -0.25) is 4.98 Å². The zero-order valence-electron chi connectivity index (χ0n) is 9.05. The van der Waals surface area contributed by atoms with Crippen molar-refractivity contribution in [1.29, 1.82) is 0 Å². The van der Waals surface area contributed by atoms with Gasteiger partial charge in [-0.05, 0) is 19.1 Å². The molecule has 0 spiro atoms. The summed E-state index contributed by atoms with van der Waals surface area (Å²) in [5.41, 5.74) is 7.69. The Balaban J connectivity index is 1.99. The van der Waals surface area contributed by atoms with Crippen molar-refractivity contribution in [2.45, 2.75) is 17.6 Å². The van der Waals surface area contributed by atoms with E-state index < -0.39 is 0 Å². The molecule has 0 aliphatic carbocycles. The fraction of sp³-hybridized carbons (Fsp3) is 0.167. The van der Waals surface area contributed by atoms with Crippen LogP contribution in [0.5, 0.6) is 0 Å². The van der Waals surface area contributed by atoms with E-state index in [1.54, 1.807) is 24.2 Å². The molecular weight excluding hydrogens is 218 g/mol. The molecule has 1 heterocycles. The molecule has 0 saturated heterocycles. The maximum atomic E-state index is 5.47. The highest BCUT2D eigenvalue weighted by Crippen LogP contribution is 2.22. The smallest absolute Gasteiger partial charge is 0.141 e. The maximum Gasteiger partial charge on any atom is 0.141 e. The molecule has 2 aromatic rings. The Morgan fingerprint density at radius 1 is 1.25 bits per heavy atom. The maximum absolute atomic E-state index is 5.47. The lowest BCUT2D eigenvalue weighted by Crippen LogP contribution is -1.94. The topological polar surface area (TPSA) is 51.8 Å². The van der Waals surface area contributed by atoms with Gasteiger partial charge in [-0.25, -0.2) is 4.98 Å². The van der Waals surface area contributed by atoms with Crippen LogP contribution in [-0.2, 0) is 5.75 Å². The van der Waals surface area contributed by atoms with Crippen LogP contribution in [0.15, 0.2) is 41.6 Å². The molecule has 0 unspecified atom stereocenters. The average molecular weight is 231 g/mol. The van der Waals surface area contributed by atoms with Gasteiger partial charge in [-0.1, -0.05) is 17.7 Å². The average Bonchev–Trinajstić information content (AvgIpc) is 2.28. The quantitative estimate of drug-likeness (QED) is 0.825. The van der Waals surface area contributed by atoms with Gasteiger partial charge in [0.25, 0.3) is 0 Å². The fourth-order valence-corrected chi connectivity index (χ4v) is 2.21. The van der Waals surface area contributed by atoms with E-state index in [9.17, 15) is 0 Å². The van der Waals surface area contributed by atoms with Crippen LogP contribution in [0.3, 0.4) is 0 Å². The molecule has 0 aliphatic heterocycles. The predicted molar refractivity (Wildman–Crippen MR) is 67.2 cm³/mol. The second kappa shape index (κ2) is 4.99. The number of nitrogen functional groups attached to an aromatic ring is 1. The lowest BCUT2D eigenvalue weighted by molar-refractivity contribution is 1.11. The van der Waals surface area contributed by atoms with Gasteiger partial charge >= 0.3 is 0 Å². The Morgan fingerprint density at radius 2 is 2.12 bits per heavy atom. The van der Waals surface area contributed by atoms with Crippen LogP contribution in [0, 0.1) is 6.92 Å². The Hall–Kier alpha value is -1.55. The van der Waals surface area contributed by atoms with Crippen molar-refractivity contribution >= 4 is 17.6 Å². The molecule has 0 radical (unpaired) electrons. The second-order valence-corrected chi connectivity index (χ2v) is 4.59. The van der Waals surface area contributed by atoms with E-state index in [1.807, 2.05) is 0 Å². The summed E-state index contributed by atoms with van der Waals surface area (Å²) in [7, 11) is 0. The highest BCUT2D eigenvalue weighted by molar-refractivity contribution is 7.98. The first kappa shape index (κ1) is 11.0. The number of thioether (sulfide) groups is 1. The number of benzene rings is 1. The standard InChI is InChI=1S/C12H13N3S/c1-9-3-2-4-11(5-9)16-8-10-6-15-12(13)7-14-10/h2-7H,8H2,1H3,(H2,13,15). The molecule has 1 aromatic heterocycles. The number of aromatic nitrogens is 2. The van der Waals surface area contributed by atoms with Crippen LogP contribution < -0.4 is 5.73 Å². The summed E-state index contributed by atoms with van der Waals surface area (Å²) in [6.07, 6.45) is 3.31. The van der Waals surface area contributed by atoms with Gasteiger partial charge in [0, 0.05) is 10.6 Å². The van der Waals surface area contributed by atoms with Gasteiger partial charge in [0.1, 0.15) is 5.82 Å². The fourth-order valence-electron chi connectivity index (χ4n) is 1.30. The monoisotopic (exact) mass is 231 g/mol. The van der Waals surface area contributed by atoms with E-state index in [-0.39, 0.29) is 0 Å². The number of aryl methyl sites for hydroxylation is 1. The summed E-state index contributed by atoms with van der Waals surface area (Å²) in [6, 6.07) is 8.41. The van der Waals surface area contributed by atoms with Crippen LogP contribution >= 0.6 is 11.8 Å². The SMILES string of the molecule is Cc1cccc(SCc2cnc(N)cn2)c1. The summed E-state index contributed by atoms with van der Waals surface area (Å²) < 4.78 is 0. The minimum Gasteiger partial charge on any atom is -0.382 e. The number of hydrogen-bond acceptors (Lipinski definition) is 4. The lowest BCUT2D eigenvalue weighted by atomic mass is 10.2. The van der Waals surface area contributed by atoms with Crippen LogP contribution in [0.2, 0.25) is 0 Å². The predicted octanol–water partition coefficient (Wildman–Crippen LogP) is 2.66. The first-order chi connectivity index (χ1) is 7.74. The van der Waals surface area contributed by atoms with Crippen molar-refractivity contribution in [1.82, 2.24) is 9.97 Å². The Kier molecular flexibility index (Phi) is 3.41. The summed E-state index contributed by atoms with van der Waals surface area (Å²) in [5.74, 6) is 1.28. The Bertz CT molecular complexity index is 468. The molecule has 82 valence electrons. The normalized spacial score (nSPS) is 10.3. The third kappa shape index (κ3) is 2.97. The molecule has 0 bridgehead atoms. The molecule has 3 nitrogen and oxygen atoms in total. The van der Waals surface area contributed by atoms with Gasteiger partial charge in [-0.15, -0.1) is 11.8 Å². The van der Waals surface area contributed by atoms with Crippen molar-refractivity contribution < 1.29 is 0 Å². The van der Waals surface area contributed by atoms with Crippen LogP contribution in [0.25, 0.3) is 0 Å². The largest absolute Gasteiger partial charge is 0.382 e. The summed E-state index contributed by atoms with van der Waals surface area (Å²) in [5, 5.41) is 0. The third-order valence-electron chi connectivity index (χ3n) is 2.10. The van der Waals surface area contributed by atoms with Crippen LogP contribution in [0.4, 0.5) is 5.82 Å². The summed E-state index contributed by atoms with van der Waals surface area (Å²) in [4.78, 5) is 9.47. The lowest BCUT2D eigenvalue weighted by Gasteiger charge is -2.02. The van der Waals surface area contributed by atoms with Crippen molar-refractivity contribution in [3.05, 3.63) is 47.9 Å². The highest BCUT2D eigenvalue weighted by Gasteiger charge is 1.98. The zero-order valence-corrected chi connectivity index (χ0v) is 9.87. The molecule has 2 N–H and O–H groups in total. The summed E-state index contributed by atoms with van der Waals surface area (Å²) >= 11 is 1.75. The van der Waals surface area contributed by atoms with Gasteiger partial charge in [-0.2, -0.15) is 0 Å². The molecule has 0 aliphatic rings. The van der Waals surface area contributed by atoms with Crippen molar-refractivity contribution in [3.63, 3.8) is 0 Å². The van der Waals surface area contributed by atoms with Crippen molar-refractivity contribution in [3.8, 4) is 0 Å². The van der Waals surface area contributed by atoms with E-state index in [2.05, 4.69) is 41.2 Å². The minimum absolute atomic E-state index is 0.462. The first-order valence-corrected chi connectivity index (χ1v) is 5.98. The molecule has 0 fully saturated rings. The van der Waals surface area contributed by atoms with Crippen molar-refractivity contribution in [2.24, 2.45) is 0 Å². The van der Waals surface area contributed by atoms with Gasteiger partial charge < -0.3 is 5.73 Å². The van der Waals surface area contributed by atoms with E-state index in [0.29, 0.717) is 5.82 Å². The van der Waals surface area contributed by atoms with Crippen LogP contribution in [0.1, 0.15) is 11.3 Å².